The Morgan fingerprint density at radius 3 is 2.50 bits per heavy atom. The predicted octanol–water partition coefficient (Wildman–Crippen LogP) is 6.05. The highest BCUT2D eigenvalue weighted by atomic mass is 16.4. The van der Waals surface area contributed by atoms with Gasteiger partial charge in [-0.3, -0.25) is 9.97 Å². The van der Waals surface area contributed by atoms with Crippen molar-refractivity contribution in [3.8, 4) is 11.1 Å². The van der Waals surface area contributed by atoms with E-state index < -0.39 is 5.97 Å². The van der Waals surface area contributed by atoms with Crippen molar-refractivity contribution in [3.05, 3.63) is 95.9 Å². The van der Waals surface area contributed by atoms with Crippen molar-refractivity contribution in [2.24, 2.45) is 0 Å². The van der Waals surface area contributed by atoms with Gasteiger partial charge in [-0.2, -0.15) is 0 Å². The predicted molar refractivity (Wildman–Crippen MR) is 121 cm³/mol. The molecule has 0 aliphatic heterocycles. The van der Waals surface area contributed by atoms with Crippen LogP contribution in [0.3, 0.4) is 0 Å². The summed E-state index contributed by atoms with van der Waals surface area (Å²) in [6, 6.07) is 19.7. The lowest BCUT2D eigenvalue weighted by Crippen LogP contribution is -1.99. The summed E-state index contributed by atoms with van der Waals surface area (Å²) in [5.41, 5.74) is 5.92. The number of aliphatic carboxylic acids is 1. The lowest BCUT2D eigenvalue weighted by atomic mass is 9.93. The zero-order valence-corrected chi connectivity index (χ0v) is 16.9. The Hall–Kier alpha value is -3.79. The van der Waals surface area contributed by atoms with E-state index in [1.807, 2.05) is 30.3 Å². The summed E-state index contributed by atoms with van der Waals surface area (Å²) >= 11 is 0. The van der Waals surface area contributed by atoms with Crippen molar-refractivity contribution >= 4 is 28.5 Å². The number of fused-ring (bicyclic) bond motifs is 1. The SMILES string of the molecule is CC(C)c1cc(-c2cccc(/C=C(/C(=O)O)c3ccncc3)c2)c2ncccc2c1. The molecule has 0 atom stereocenters. The molecular formula is C26H22N2O2. The molecule has 4 nitrogen and oxygen atoms in total. The van der Waals surface area contributed by atoms with Crippen LogP contribution in [0.25, 0.3) is 33.7 Å². The molecule has 148 valence electrons. The van der Waals surface area contributed by atoms with E-state index in [9.17, 15) is 9.90 Å². The second-order valence-electron chi connectivity index (χ2n) is 7.52. The normalized spacial score (nSPS) is 11.8. The van der Waals surface area contributed by atoms with Gasteiger partial charge in [0, 0.05) is 29.5 Å². The molecule has 4 heteroatoms. The first kappa shape index (κ1) is 19.5. The van der Waals surface area contributed by atoms with Gasteiger partial charge in [0.15, 0.2) is 0 Å². The maximum atomic E-state index is 11.9. The van der Waals surface area contributed by atoms with E-state index in [0.717, 1.165) is 27.6 Å². The van der Waals surface area contributed by atoms with Gasteiger partial charge in [-0.15, -0.1) is 0 Å². The first-order valence-electron chi connectivity index (χ1n) is 9.87. The minimum atomic E-state index is -0.972. The van der Waals surface area contributed by atoms with Gasteiger partial charge in [-0.1, -0.05) is 38.1 Å². The Labute approximate surface area is 175 Å². The summed E-state index contributed by atoms with van der Waals surface area (Å²) < 4.78 is 0. The largest absolute Gasteiger partial charge is 0.478 e. The van der Waals surface area contributed by atoms with Gasteiger partial charge in [0.25, 0.3) is 0 Å². The Bertz CT molecular complexity index is 1240. The van der Waals surface area contributed by atoms with E-state index in [4.69, 9.17) is 0 Å². The summed E-state index contributed by atoms with van der Waals surface area (Å²) in [6.45, 7) is 4.35. The fourth-order valence-electron chi connectivity index (χ4n) is 3.53. The molecule has 2 heterocycles. The molecule has 0 saturated heterocycles. The Balaban J connectivity index is 1.86. The monoisotopic (exact) mass is 394 g/mol. The van der Waals surface area contributed by atoms with Gasteiger partial charge >= 0.3 is 5.97 Å². The number of carboxylic acids is 1. The molecule has 2 aromatic heterocycles. The molecule has 0 unspecified atom stereocenters. The smallest absolute Gasteiger partial charge is 0.336 e. The summed E-state index contributed by atoms with van der Waals surface area (Å²) in [7, 11) is 0. The molecule has 4 rings (SSSR count). The van der Waals surface area contributed by atoms with E-state index in [0.29, 0.717) is 11.5 Å². The molecule has 1 N–H and O–H groups in total. The number of rotatable bonds is 5. The van der Waals surface area contributed by atoms with Crippen molar-refractivity contribution in [1.82, 2.24) is 9.97 Å². The lowest BCUT2D eigenvalue weighted by molar-refractivity contribution is -0.130. The number of pyridine rings is 2. The van der Waals surface area contributed by atoms with Crippen molar-refractivity contribution in [2.45, 2.75) is 19.8 Å². The van der Waals surface area contributed by atoms with Crippen LogP contribution in [0.2, 0.25) is 0 Å². The topological polar surface area (TPSA) is 63.1 Å². The molecule has 0 aliphatic carbocycles. The fourth-order valence-corrected chi connectivity index (χ4v) is 3.53. The Kier molecular flexibility index (Phi) is 5.40. The molecular weight excluding hydrogens is 372 g/mol. The maximum Gasteiger partial charge on any atom is 0.336 e. The van der Waals surface area contributed by atoms with Crippen LogP contribution in [0.4, 0.5) is 0 Å². The average Bonchev–Trinajstić information content (AvgIpc) is 2.77. The molecule has 0 amide bonds. The van der Waals surface area contributed by atoms with Gasteiger partial charge in [0.2, 0.25) is 0 Å². The molecule has 2 aromatic carbocycles. The fraction of sp³-hybridized carbons (Fsp3) is 0.115. The van der Waals surface area contributed by atoms with Crippen LogP contribution in [-0.4, -0.2) is 21.0 Å². The summed E-state index contributed by atoms with van der Waals surface area (Å²) in [5, 5.41) is 10.8. The molecule has 0 aliphatic rings. The summed E-state index contributed by atoms with van der Waals surface area (Å²) in [5.74, 6) is -0.581. The van der Waals surface area contributed by atoms with Crippen molar-refractivity contribution in [1.29, 1.82) is 0 Å². The summed E-state index contributed by atoms with van der Waals surface area (Å²) in [6.07, 6.45) is 6.69. The van der Waals surface area contributed by atoms with E-state index in [1.54, 1.807) is 36.8 Å². The first-order chi connectivity index (χ1) is 14.5. The van der Waals surface area contributed by atoms with Crippen molar-refractivity contribution in [3.63, 3.8) is 0 Å². The van der Waals surface area contributed by atoms with E-state index in [1.165, 1.54) is 5.56 Å². The molecule has 30 heavy (non-hydrogen) atoms. The zero-order chi connectivity index (χ0) is 21.1. The van der Waals surface area contributed by atoms with Gasteiger partial charge in [-0.25, -0.2) is 4.79 Å². The molecule has 0 fully saturated rings. The minimum Gasteiger partial charge on any atom is -0.478 e. The maximum absolute atomic E-state index is 11.9. The highest BCUT2D eigenvalue weighted by molar-refractivity contribution is 6.20. The van der Waals surface area contributed by atoms with Crippen LogP contribution in [0.15, 0.2) is 79.3 Å². The van der Waals surface area contributed by atoms with Crippen molar-refractivity contribution < 1.29 is 9.90 Å². The zero-order valence-electron chi connectivity index (χ0n) is 16.9. The van der Waals surface area contributed by atoms with Crippen LogP contribution in [-0.2, 0) is 4.79 Å². The quantitative estimate of drug-likeness (QED) is 0.419. The number of benzene rings is 2. The average molecular weight is 394 g/mol. The Morgan fingerprint density at radius 1 is 0.967 bits per heavy atom. The molecule has 0 radical (unpaired) electrons. The minimum absolute atomic E-state index is 0.230. The Morgan fingerprint density at radius 2 is 1.77 bits per heavy atom. The van der Waals surface area contributed by atoms with Gasteiger partial charge in [-0.05, 0) is 70.6 Å². The first-order valence-corrected chi connectivity index (χ1v) is 9.87. The molecule has 4 aromatic rings. The molecule has 0 saturated carbocycles. The second-order valence-corrected chi connectivity index (χ2v) is 7.52. The lowest BCUT2D eigenvalue weighted by Gasteiger charge is -2.13. The third kappa shape index (κ3) is 3.98. The second kappa shape index (κ2) is 8.29. The van der Waals surface area contributed by atoms with Crippen LogP contribution >= 0.6 is 0 Å². The molecule has 0 bridgehead atoms. The van der Waals surface area contributed by atoms with Gasteiger partial charge in [0.05, 0.1) is 11.1 Å². The standard InChI is InChI=1S/C26H22N2O2/c1-17(2)22-15-21-7-4-10-28-25(21)23(16-22)20-6-3-5-18(13-20)14-24(26(29)30)19-8-11-27-12-9-19/h3-17H,1-2H3,(H,29,30)/b24-14+. The highest BCUT2D eigenvalue weighted by Crippen LogP contribution is 2.32. The van der Waals surface area contributed by atoms with Crippen LogP contribution < -0.4 is 0 Å². The number of nitrogens with zero attached hydrogens (tertiary/aromatic N) is 2. The van der Waals surface area contributed by atoms with E-state index >= 15 is 0 Å². The number of hydrogen-bond acceptors (Lipinski definition) is 3. The van der Waals surface area contributed by atoms with Gasteiger partial charge < -0.3 is 5.11 Å². The number of carboxylic acid groups (broad SMARTS) is 1. The third-order valence-corrected chi connectivity index (χ3v) is 5.12. The van der Waals surface area contributed by atoms with Crippen molar-refractivity contribution in [2.75, 3.05) is 0 Å². The van der Waals surface area contributed by atoms with Crippen LogP contribution in [0, 0.1) is 0 Å². The van der Waals surface area contributed by atoms with E-state index in [2.05, 4.69) is 42.0 Å². The number of aromatic nitrogens is 2. The van der Waals surface area contributed by atoms with E-state index in [-0.39, 0.29) is 5.57 Å². The van der Waals surface area contributed by atoms with Crippen LogP contribution in [0.1, 0.15) is 36.5 Å². The summed E-state index contributed by atoms with van der Waals surface area (Å²) in [4.78, 5) is 20.4. The number of hydrogen-bond donors (Lipinski definition) is 1. The molecule has 0 spiro atoms. The number of carbonyl (C=O) groups is 1. The van der Waals surface area contributed by atoms with Crippen LogP contribution in [0.5, 0.6) is 0 Å². The third-order valence-electron chi connectivity index (χ3n) is 5.12. The highest BCUT2D eigenvalue weighted by Gasteiger charge is 2.12. The van der Waals surface area contributed by atoms with Gasteiger partial charge in [0.1, 0.15) is 0 Å².